The molecule has 96 valence electrons. The fourth-order valence-corrected chi connectivity index (χ4v) is 1.94. The van der Waals surface area contributed by atoms with Crippen LogP contribution in [0.25, 0.3) is 0 Å². The zero-order valence-electron chi connectivity index (χ0n) is 10.8. The SMILES string of the molecule is CCc1nc(Cl)c(C)c(N(C)Cc2ccco2)n1. The van der Waals surface area contributed by atoms with E-state index in [1.807, 2.05) is 37.9 Å². The van der Waals surface area contributed by atoms with Crippen molar-refractivity contribution < 1.29 is 4.42 Å². The third-order valence-electron chi connectivity index (χ3n) is 2.76. The summed E-state index contributed by atoms with van der Waals surface area (Å²) >= 11 is 6.12. The van der Waals surface area contributed by atoms with Gasteiger partial charge >= 0.3 is 0 Å². The minimum atomic E-state index is 0.517. The van der Waals surface area contributed by atoms with E-state index in [9.17, 15) is 0 Å². The van der Waals surface area contributed by atoms with Crippen molar-refractivity contribution in [1.82, 2.24) is 9.97 Å². The number of furan rings is 1. The van der Waals surface area contributed by atoms with E-state index in [4.69, 9.17) is 16.0 Å². The fraction of sp³-hybridized carbons (Fsp3) is 0.385. The van der Waals surface area contributed by atoms with Crippen LogP contribution in [0.3, 0.4) is 0 Å². The second-order valence-electron chi connectivity index (χ2n) is 4.17. The fourth-order valence-electron chi connectivity index (χ4n) is 1.76. The van der Waals surface area contributed by atoms with Crippen LogP contribution in [0.1, 0.15) is 24.1 Å². The van der Waals surface area contributed by atoms with Crippen molar-refractivity contribution >= 4 is 17.4 Å². The van der Waals surface area contributed by atoms with Gasteiger partial charge in [-0.2, -0.15) is 0 Å². The first-order valence-corrected chi connectivity index (χ1v) is 6.26. The van der Waals surface area contributed by atoms with E-state index in [1.54, 1.807) is 6.26 Å². The average molecular weight is 266 g/mol. The van der Waals surface area contributed by atoms with Crippen LogP contribution in [-0.2, 0) is 13.0 Å². The zero-order chi connectivity index (χ0) is 13.1. The minimum absolute atomic E-state index is 0.517. The van der Waals surface area contributed by atoms with Crippen molar-refractivity contribution in [2.45, 2.75) is 26.8 Å². The van der Waals surface area contributed by atoms with E-state index in [0.29, 0.717) is 11.7 Å². The van der Waals surface area contributed by atoms with Crippen LogP contribution in [0.5, 0.6) is 0 Å². The predicted molar refractivity (Wildman–Crippen MR) is 72.0 cm³/mol. The van der Waals surface area contributed by atoms with E-state index >= 15 is 0 Å². The third-order valence-corrected chi connectivity index (χ3v) is 3.13. The van der Waals surface area contributed by atoms with Gasteiger partial charge in [0, 0.05) is 19.0 Å². The maximum Gasteiger partial charge on any atom is 0.137 e. The minimum Gasteiger partial charge on any atom is -0.467 e. The molecule has 0 spiro atoms. The molecule has 0 unspecified atom stereocenters. The maximum atomic E-state index is 6.12. The van der Waals surface area contributed by atoms with Crippen molar-refractivity contribution in [3.8, 4) is 0 Å². The molecule has 0 radical (unpaired) electrons. The summed E-state index contributed by atoms with van der Waals surface area (Å²) in [4.78, 5) is 10.8. The molecule has 0 aromatic carbocycles. The van der Waals surface area contributed by atoms with Crippen LogP contribution in [0.15, 0.2) is 22.8 Å². The van der Waals surface area contributed by atoms with Gasteiger partial charge in [0.25, 0.3) is 0 Å². The van der Waals surface area contributed by atoms with E-state index < -0.39 is 0 Å². The zero-order valence-corrected chi connectivity index (χ0v) is 11.5. The molecule has 2 aromatic heterocycles. The van der Waals surface area contributed by atoms with Gasteiger partial charge in [-0.15, -0.1) is 0 Å². The van der Waals surface area contributed by atoms with Gasteiger partial charge in [-0.05, 0) is 19.1 Å². The van der Waals surface area contributed by atoms with Crippen LogP contribution in [0.2, 0.25) is 5.15 Å². The smallest absolute Gasteiger partial charge is 0.137 e. The number of aromatic nitrogens is 2. The standard InChI is InChI=1S/C13H16ClN3O/c1-4-11-15-12(14)9(2)13(16-11)17(3)8-10-6-5-7-18-10/h5-7H,4,8H2,1-3H3. The molecule has 0 atom stereocenters. The second-order valence-corrected chi connectivity index (χ2v) is 4.53. The van der Waals surface area contributed by atoms with Crippen LogP contribution in [-0.4, -0.2) is 17.0 Å². The van der Waals surface area contributed by atoms with Gasteiger partial charge < -0.3 is 9.32 Å². The van der Waals surface area contributed by atoms with E-state index in [2.05, 4.69) is 9.97 Å². The second kappa shape index (κ2) is 5.40. The molecule has 0 saturated carbocycles. The lowest BCUT2D eigenvalue weighted by Gasteiger charge is -2.20. The Morgan fingerprint density at radius 3 is 2.78 bits per heavy atom. The maximum absolute atomic E-state index is 6.12. The lowest BCUT2D eigenvalue weighted by molar-refractivity contribution is 0.506. The van der Waals surface area contributed by atoms with Crippen molar-refractivity contribution in [2.75, 3.05) is 11.9 Å². The average Bonchev–Trinajstić information content (AvgIpc) is 2.85. The lowest BCUT2D eigenvalue weighted by atomic mass is 10.3. The summed E-state index contributed by atoms with van der Waals surface area (Å²) in [6, 6.07) is 3.82. The molecule has 0 aliphatic heterocycles. The lowest BCUT2D eigenvalue weighted by Crippen LogP contribution is -2.19. The number of hydrogen-bond acceptors (Lipinski definition) is 4. The molecule has 0 aliphatic rings. The monoisotopic (exact) mass is 265 g/mol. The molecule has 0 bridgehead atoms. The van der Waals surface area contributed by atoms with Crippen molar-refractivity contribution in [2.24, 2.45) is 0 Å². The van der Waals surface area contributed by atoms with Crippen LogP contribution in [0, 0.1) is 6.92 Å². The summed E-state index contributed by atoms with van der Waals surface area (Å²) in [5, 5.41) is 0.517. The van der Waals surface area contributed by atoms with Gasteiger partial charge in [-0.1, -0.05) is 18.5 Å². The number of hydrogen-bond donors (Lipinski definition) is 0. The first-order valence-electron chi connectivity index (χ1n) is 5.88. The molecular weight excluding hydrogens is 250 g/mol. The molecule has 2 rings (SSSR count). The van der Waals surface area contributed by atoms with E-state index in [0.717, 1.165) is 29.4 Å². The van der Waals surface area contributed by atoms with Gasteiger partial charge in [-0.25, -0.2) is 9.97 Å². The molecule has 0 saturated heterocycles. The van der Waals surface area contributed by atoms with Gasteiger partial charge in [0.1, 0.15) is 22.6 Å². The molecule has 18 heavy (non-hydrogen) atoms. The number of halogens is 1. The summed E-state index contributed by atoms with van der Waals surface area (Å²) in [7, 11) is 1.97. The van der Waals surface area contributed by atoms with E-state index in [-0.39, 0.29) is 0 Å². The van der Waals surface area contributed by atoms with Crippen molar-refractivity contribution in [3.63, 3.8) is 0 Å². The third kappa shape index (κ3) is 2.64. The molecule has 0 amide bonds. The Bertz CT molecular complexity index is 525. The Kier molecular flexibility index (Phi) is 3.87. The summed E-state index contributed by atoms with van der Waals surface area (Å²) in [5.74, 6) is 2.50. The normalized spacial score (nSPS) is 10.7. The topological polar surface area (TPSA) is 42.2 Å². The highest BCUT2D eigenvalue weighted by atomic mass is 35.5. The first-order chi connectivity index (χ1) is 8.61. The molecule has 0 N–H and O–H groups in total. The predicted octanol–water partition coefficient (Wildman–Crippen LogP) is 3.23. The van der Waals surface area contributed by atoms with Crippen molar-refractivity contribution in [1.29, 1.82) is 0 Å². The summed E-state index contributed by atoms with van der Waals surface area (Å²) in [6.45, 7) is 4.59. The van der Waals surface area contributed by atoms with Crippen molar-refractivity contribution in [3.05, 3.63) is 40.7 Å². The Labute approximate surface area is 112 Å². The Morgan fingerprint density at radius 2 is 2.17 bits per heavy atom. The Hall–Kier alpha value is -1.55. The first kappa shape index (κ1) is 12.9. The molecule has 5 heteroatoms. The van der Waals surface area contributed by atoms with Gasteiger partial charge in [0.05, 0.1) is 12.8 Å². The van der Waals surface area contributed by atoms with Gasteiger partial charge in [0.15, 0.2) is 0 Å². The number of nitrogens with zero attached hydrogens (tertiary/aromatic N) is 3. The van der Waals surface area contributed by atoms with Crippen LogP contribution < -0.4 is 4.90 Å². The molecule has 0 aliphatic carbocycles. The van der Waals surface area contributed by atoms with Gasteiger partial charge in [0.2, 0.25) is 0 Å². The van der Waals surface area contributed by atoms with Crippen LogP contribution in [0.4, 0.5) is 5.82 Å². The number of rotatable bonds is 4. The summed E-state index contributed by atoms with van der Waals surface area (Å²) in [5.41, 5.74) is 0.892. The molecular formula is C13H16ClN3O. The molecule has 2 heterocycles. The molecule has 2 aromatic rings. The molecule has 0 fully saturated rings. The summed E-state index contributed by atoms with van der Waals surface area (Å²) in [6.07, 6.45) is 2.43. The largest absolute Gasteiger partial charge is 0.467 e. The highest BCUT2D eigenvalue weighted by molar-refractivity contribution is 6.30. The molecule has 4 nitrogen and oxygen atoms in total. The van der Waals surface area contributed by atoms with Crippen LogP contribution >= 0.6 is 11.6 Å². The van der Waals surface area contributed by atoms with E-state index in [1.165, 1.54) is 0 Å². The quantitative estimate of drug-likeness (QED) is 0.796. The van der Waals surface area contributed by atoms with Gasteiger partial charge in [-0.3, -0.25) is 0 Å². The number of anilines is 1. The Balaban J connectivity index is 2.29. The highest BCUT2D eigenvalue weighted by Gasteiger charge is 2.13. The Morgan fingerprint density at radius 1 is 1.39 bits per heavy atom. The highest BCUT2D eigenvalue weighted by Crippen LogP contribution is 2.24. The summed E-state index contributed by atoms with van der Waals surface area (Å²) < 4.78 is 5.33. The number of aryl methyl sites for hydroxylation is 1.